The first-order valence-electron chi connectivity index (χ1n) is 4.79. The van der Waals surface area contributed by atoms with Gasteiger partial charge < -0.3 is 10.1 Å². The van der Waals surface area contributed by atoms with E-state index in [0.717, 1.165) is 10.0 Å². The van der Waals surface area contributed by atoms with Gasteiger partial charge in [-0.15, -0.1) is 0 Å². The summed E-state index contributed by atoms with van der Waals surface area (Å²) < 4.78 is 5.78. The molecule has 1 aliphatic rings. The smallest absolute Gasteiger partial charge is 0.311 e. The zero-order valence-electron chi connectivity index (χ0n) is 8.37. The highest BCUT2D eigenvalue weighted by atomic mass is 79.9. The summed E-state index contributed by atoms with van der Waals surface area (Å²) in [5, 5.41) is 3.23. The fourth-order valence-electron chi connectivity index (χ4n) is 1.74. The molecule has 4 heteroatoms. The van der Waals surface area contributed by atoms with Crippen molar-refractivity contribution in [2.24, 2.45) is 5.92 Å². The molecule has 0 spiro atoms. The Balaban J connectivity index is 2.12. The fourth-order valence-corrected chi connectivity index (χ4v) is 2.01. The highest BCUT2D eigenvalue weighted by molar-refractivity contribution is 9.10. The van der Waals surface area contributed by atoms with Gasteiger partial charge in [0.25, 0.3) is 0 Å². The van der Waals surface area contributed by atoms with Crippen molar-refractivity contribution in [1.29, 1.82) is 0 Å². The van der Waals surface area contributed by atoms with E-state index in [0.29, 0.717) is 6.54 Å². The Hall–Kier alpha value is -0.870. The first-order chi connectivity index (χ1) is 7.22. The lowest BCUT2D eigenvalue weighted by Gasteiger charge is -2.36. The van der Waals surface area contributed by atoms with E-state index >= 15 is 0 Å². The standard InChI is InChI=1S/C11H12BrNO2/c1-15-11(14)9-6-13-10(9)7-2-4-8(12)5-3-7/h2-5,9-10,13H,6H2,1H3. The average molecular weight is 270 g/mol. The molecule has 1 aliphatic heterocycles. The van der Waals surface area contributed by atoms with Crippen LogP contribution in [-0.4, -0.2) is 19.6 Å². The van der Waals surface area contributed by atoms with Crippen molar-refractivity contribution in [3.63, 3.8) is 0 Å². The monoisotopic (exact) mass is 269 g/mol. The van der Waals surface area contributed by atoms with Gasteiger partial charge in [0.15, 0.2) is 0 Å². The normalized spacial score (nSPS) is 24.4. The predicted octanol–water partition coefficient (Wildman–Crippen LogP) is 1.88. The van der Waals surface area contributed by atoms with Gasteiger partial charge in [-0.25, -0.2) is 0 Å². The van der Waals surface area contributed by atoms with Gasteiger partial charge in [0.05, 0.1) is 13.0 Å². The van der Waals surface area contributed by atoms with E-state index < -0.39 is 0 Å². The van der Waals surface area contributed by atoms with Crippen LogP contribution in [0.5, 0.6) is 0 Å². The third kappa shape index (κ3) is 2.06. The van der Waals surface area contributed by atoms with Gasteiger partial charge in [-0.2, -0.15) is 0 Å². The van der Waals surface area contributed by atoms with E-state index in [1.54, 1.807) is 0 Å². The number of hydrogen-bond acceptors (Lipinski definition) is 3. The van der Waals surface area contributed by atoms with Crippen molar-refractivity contribution >= 4 is 21.9 Å². The third-order valence-corrected chi connectivity index (χ3v) is 3.22. The molecule has 15 heavy (non-hydrogen) atoms. The van der Waals surface area contributed by atoms with Crippen molar-refractivity contribution in [2.45, 2.75) is 6.04 Å². The molecule has 0 aliphatic carbocycles. The highest BCUT2D eigenvalue weighted by Crippen LogP contribution is 2.30. The minimum atomic E-state index is -0.137. The van der Waals surface area contributed by atoms with E-state index in [9.17, 15) is 4.79 Å². The maximum atomic E-state index is 11.4. The molecular weight excluding hydrogens is 258 g/mol. The highest BCUT2D eigenvalue weighted by Gasteiger charge is 2.37. The molecule has 1 N–H and O–H groups in total. The summed E-state index contributed by atoms with van der Waals surface area (Å²) in [5.74, 6) is -0.183. The van der Waals surface area contributed by atoms with Crippen LogP contribution in [0.3, 0.4) is 0 Å². The van der Waals surface area contributed by atoms with E-state index in [2.05, 4.69) is 21.2 Å². The molecule has 1 aromatic rings. The molecule has 3 nitrogen and oxygen atoms in total. The summed E-state index contributed by atoms with van der Waals surface area (Å²) in [4.78, 5) is 11.4. The van der Waals surface area contributed by atoms with Gasteiger partial charge in [-0.1, -0.05) is 28.1 Å². The van der Waals surface area contributed by atoms with Crippen LogP contribution >= 0.6 is 15.9 Å². The zero-order chi connectivity index (χ0) is 10.8. The van der Waals surface area contributed by atoms with Crippen LogP contribution in [0.25, 0.3) is 0 Å². The SMILES string of the molecule is COC(=O)C1CNC1c1ccc(Br)cc1. The van der Waals surface area contributed by atoms with E-state index in [4.69, 9.17) is 4.74 Å². The van der Waals surface area contributed by atoms with Crippen molar-refractivity contribution in [3.8, 4) is 0 Å². The van der Waals surface area contributed by atoms with Gasteiger partial charge in [-0.05, 0) is 17.7 Å². The quantitative estimate of drug-likeness (QED) is 0.834. The second-order valence-electron chi connectivity index (χ2n) is 3.57. The number of carbonyl (C=O) groups is 1. The Morgan fingerprint density at radius 3 is 2.60 bits per heavy atom. The lowest BCUT2D eigenvalue weighted by molar-refractivity contribution is -0.149. The Morgan fingerprint density at radius 2 is 2.13 bits per heavy atom. The van der Waals surface area contributed by atoms with Gasteiger partial charge in [-0.3, -0.25) is 4.79 Å². The van der Waals surface area contributed by atoms with Crippen LogP contribution in [0.2, 0.25) is 0 Å². The Bertz CT molecular complexity index is 363. The lowest BCUT2D eigenvalue weighted by Crippen LogP contribution is -2.50. The van der Waals surface area contributed by atoms with E-state index in [1.807, 2.05) is 24.3 Å². The maximum Gasteiger partial charge on any atom is 0.311 e. The number of nitrogens with one attached hydrogen (secondary N) is 1. The summed E-state index contributed by atoms with van der Waals surface area (Å²) in [7, 11) is 1.43. The molecule has 0 saturated carbocycles. The number of esters is 1. The van der Waals surface area contributed by atoms with Crippen molar-refractivity contribution in [3.05, 3.63) is 34.3 Å². The Kier molecular flexibility index (Phi) is 3.07. The Morgan fingerprint density at radius 1 is 1.47 bits per heavy atom. The van der Waals surface area contributed by atoms with E-state index in [-0.39, 0.29) is 17.9 Å². The summed E-state index contributed by atoms with van der Waals surface area (Å²) in [6.45, 7) is 0.702. The van der Waals surface area contributed by atoms with Crippen LogP contribution < -0.4 is 5.32 Å². The molecule has 2 unspecified atom stereocenters. The second kappa shape index (κ2) is 4.33. The van der Waals surface area contributed by atoms with Crippen LogP contribution in [0.1, 0.15) is 11.6 Å². The Labute approximate surface area is 96.9 Å². The maximum absolute atomic E-state index is 11.4. The topological polar surface area (TPSA) is 38.3 Å². The molecule has 1 heterocycles. The number of carbonyl (C=O) groups excluding carboxylic acids is 1. The summed E-state index contributed by atoms with van der Waals surface area (Å²) >= 11 is 3.38. The van der Waals surface area contributed by atoms with Crippen LogP contribution in [0.4, 0.5) is 0 Å². The molecule has 0 radical (unpaired) electrons. The molecule has 0 amide bonds. The molecule has 1 aromatic carbocycles. The van der Waals surface area contributed by atoms with Crippen molar-refractivity contribution in [2.75, 3.05) is 13.7 Å². The third-order valence-electron chi connectivity index (χ3n) is 2.69. The minimum Gasteiger partial charge on any atom is -0.469 e. The number of rotatable bonds is 2. The number of benzene rings is 1. The molecule has 0 bridgehead atoms. The minimum absolute atomic E-state index is 0.0452. The number of methoxy groups -OCH3 is 1. The summed E-state index contributed by atoms with van der Waals surface area (Å²) in [5.41, 5.74) is 1.12. The number of hydrogen-bond donors (Lipinski definition) is 1. The summed E-state index contributed by atoms with van der Waals surface area (Å²) in [6, 6.07) is 8.08. The largest absolute Gasteiger partial charge is 0.469 e. The van der Waals surface area contributed by atoms with Crippen LogP contribution in [0, 0.1) is 5.92 Å². The molecule has 2 atom stereocenters. The van der Waals surface area contributed by atoms with Gasteiger partial charge >= 0.3 is 5.97 Å². The molecule has 1 saturated heterocycles. The molecule has 2 rings (SSSR count). The van der Waals surface area contributed by atoms with Gasteiger partial charge in [0, 0.05) is 17.1 Å². The fraction of sp³-hybridized carbons (Fsp3) is 0.364. The summed E-state index contributed by atoms with van der Waals surface area (Å²) in [6.07, 6.45) is 0. The lowest BCUT2D eigenvalue weighted by atomic mass is 9.86. The first-order valence-corrected chi connectivity index (χ1v) is 5.58. The first kappa shape index (κ1) is 10.6. The van der Waals surface area contributed by atoms with Crippen LogP contribution in [-0.2, 0) is 9.53 Å². The van der Waals surface area contributed by atoms with Gasteiger partial charge in [0.2, 0.25) is 0 Å². The van der Waals surface area contributed by atoms with Crippen molar-refractivity contribution in [1.82, 2.24) is 5.32 Å². The van der Waals surface area contributed by atoms with Crippen molar-refractivity contribution < 1.29 is 9.53 Å². The van der Waals surface area contributed by atoms with Gasteiger partial charge in [0.1, 0.15) is 0 Å². The zero-order valence-corrected chi connectivity index (χ0v) is 9.95. The number of ether oxygens (including phenoxy) is 1. The number of halogens is 1. The van der Waals surface area contributed by atoms with E-state index in [1.165, 1.54) is 7.11 Å². The molecule has 1 fully saturated rings. The second-order valence-corrected chi connectivity index (χ2v) is 4.48. The molecular formula is C11H12BrNO2. The molecule has 80 valence electrons. The molecule has 0 aromatic heterocycles. The van der Waals surface area contributed by atoms with Crippen LogP contribution in [0.15, 0.2) is 28.7 Å². The average Bonchev–Trinajstić information content (AvgIpc) is 2.19. The predicted molar refractivity (Wildman–Crippen MR) is 60.4 cm³/mol.